The van der Waals surface area contributed by atoms with Gasteiger partial charge in [0.05, 0.1) is 11.7 Å². The third-order valence-corrected chi connectivity index (χ3v) is 4.12. The van der Waals surface area contributed by atoms with Crippen LogP contribution in [0.4, 0.5) is 0 Å². The van der Waals surface area contributed by atoms with Gasteiger partial charge in [0.1, 0.15) is 17.7 Å². The fraction of sp³-hybridized carbons (Fsp3) is 0.375. The van der Waals surface area contributed by atoms with Crippen LogP contribution in [0.1, 0.15) is 73.7 Å². The summed E-state index contributed by atoms with van der Waals surface area (Å²) in [5.74, 6) is 0.155. The fourth-order valence-corrected chi connectivity index (χ4v) is 2.87. The number of hydrogen-bond donors (Lipinski definition) is 1. The highest BCUT2D eigenvalue weighted by atomic mass is 16.5. The topological polar surface area (TPSA) is 88.5 Å². The second kappa shape index (κ2) is 11.7. The Morgan fingerprint density at radius 1 is 1.24 bits per heavy atom. The third kappa shape index (κ3) is 6.46. The summed E-state index contributed by atoms with van der Waals surface area (Å²) in [4.78, 5) is 16.6. The zero-order valence-electron chi connectivity index (χ0n) is 18.2. The summed E-state index contributed by atoms with van der Waals surface area (Å²) in [7, 11) is 0. The molecule has 2 N–H and O–H groups in total. The lowest BCUT2D eigenvalue weighted by atomic mass is 9.97. The Labute approximate surface area is 174 Å². The molecule has 1 amide bonds. The molecule has 5 heteroatoms. The first-order valence-corrected chi connectivity index (χ1v) is 10.1. The molecule has 0 heterocycles. The highest BCUT2D eigenvalue weighted by molar-refractivity contribution is 6.09. The van der Waals surface area contributed by atoms with Gasteiger partial charge in [0.15, 0.2) is 0 Å². The number of benzene rings is 2. The molecule has 5 nitrogen and oxygen atoms in total. The van der Waals surface area contributed by atoms with Crippen LogP contribution in [0, 0.1) is 18.3 Å². The molecule has 0 spiro atoms. The van der Waals surface area contributed by atoms with E-state index in [0.717, 1.165) is 29.5 Å². The van der Waals surface area contributed by atoms with Crippen LogP contribution in [0.5, 0.6) is 5.75 Å². The maximum Gasteiger partial charge on any atom is 0.278 e. The summed E-state index contributed by atoms with van der Waals surface area (Å²) in [6.07, 6.45) is 1.78. The van der Waals surface area contributed by atoms with E-state index < -0.39 is 5.91 Å². The number of rotatable bonds is 6. The largest absolute Gasteiger partial charge is 0.490 e. The lowest BCUT2D eigenvalue weighted by molar-refractivity contribution is 0.100. The molecule has 0 aliphatic rings. The van der Waals surface area contributed by atoms with Gasteiger partial charge in [-0.05, 0) is 56.5 Å². The van der Waals surface area contributed by atoms with Crippen molar-refractivity contribution >= 4 is 11.7 Å². The Morgan fingerprint density at radius 3 is 2.52 bits per heavy atom. The number of hydrogen-bond acceptors (Lipinski definition) is 3. The Hall–Kier alpha value is -3.13. The SMILES string of the molecule is CC.CCCc1c(C)cccc1C(N)=NC(=O)c1ccc(OC(C)C)c(C#N)c1. The number of carbonyl (C=O) groups is 1. The predicted molar refractivity (Wildman–Crippen MR) is 118 cm³/mol. The average Bonchev–Trinajstić information content (AvgIpc) is 2.70. The van der Waals surface area contributed by atoms with Gasteiger partial charge in [0.25, 0.3) is 5.91 Å². The van der Waals surface area contributed by atoms with Crippen molar-refractivity contribution in [3.8, 4) is 11.8 Å². The first kappa shape index (κ1) is 23.9. The summed E-state index contributed by atoms with van der Waals surface area (Å²) in [6.45, 7) is 11.9. The molecule has 0 unspecified atom stereocenters. The van der Waals surface area contributed by atoms with Gasteiger partial charge in [0, 0.05) is 11.1 Å². The molecular formula is C24H31N3O2. The number of ether oxygens (including phenoxy) is 1. The average molecular weight is 394 g/mol. The van der Waals surface area contributed by atoms with Crippen molar-refractivity contribution in [3.05, 3.63) is 64.2 Å². The minimum absolute atomic E-state index is 0.0642. The molecular weight excluding hydrogens is 362 g/mol. The van der Waals surface area contributed by atoms with Gasteiger partial charge < -0.3 is 10.5 Å². The van der Waals surface area contributed by atoms with E-state index in [-0.39, 0.29) is 11.9 Å². The molecule has 0 saturated heterocycles. The molecule has 2 aromatic rings. The zero-order chi connectivity index (χ0) is 22.0. The van der Waals surface area contributed by atoms with E-state index in [1.54, 1.807) is 12.1 Å². The van der Waals surface area contributed by atoms with Crippen LogP contribution >= 0.6 is 0 Å². The summed E-state index contributed by atoms with van der Waals surface area (Å²) in [5.41, 5.74) is 9.75. The van der Waals surface area contributed by atoms with E-state index in [9.17, 15) is 10.1 Å². The highest BCUT2D eigenvalue weighted by Gasteiger charge is 2.14. The number of nitrogens with two attached hydrogens (primary N) is 1. The van der Waals surface area contributed by atoms with Gasteiger partial charge in [-0.2, -0.15) is 10.3 Å². The van der Waals surface area contributed by atoms with Crippen LogP contribution in [-0.4, -0.2) is 17.8 Å². The first-order valence-electron chi connectivity index (χ1n) is 10.1. The van der Waals surface area contributed by atoms with Crippen LogP contribution in [0.3, 0.4) is 0 Å². The van der Waals surface area contributed by atoms with Gasteiger partial charge in [-0.25, -0.2) is 0 Å². The monoisotopic (exact) mass is 393 g/mol. The zero-order valence-corrected chi connectivity index (χ0v) is 18.2. The van der Waals surface area contributed by atoms with Crippen molar-refractivity contribution < 1.29 is 9.53 Å². The number of aliphatic imine (C=N–C) groups is 1. The van der Waals surface area contributed by atoms with Gasteiger partial charge in [-0.15, -0.1) is 0 Å². The van der Waals surface area contributed by atoms with E-state index in [2.05, 4.69) is 18.0 Å². The van der Waals surface area contributed by atoms with Crippen molar-refractivity contribution in [3.63, 3.8) is 0 Å². The van der Waals surface area contributed by atoms with E-state index >= 15 is 0 Å². The molecule has 2 aromatic carbocycles. The molecule has 0 aliphatic heterocycles. The van der Waals surface area contributed by atoms with Gasteiger partial charge >= 0.3 is 0 Å². The Balaban J connectivity index is 0.00000204. The highest BCUT2D eigenvalue weighted by Crippen LogP contribution is 2.22. The second-order valence-corrected chi connectivity index (χ2v) is 6.64. The quantitative estimate of drug-likeness (QED) is 0.541. The molecule has 29 heavy (non-hydrogen) atoms. The number of amidine groups is 1. The molecule has 0 bridgehead atoms. The maximum atomic E-state index is 12.6. The minimum atomic E-state index is -0.482. The lowest BCUT2D eigenvalue weighted by Gasteiger charge is -2.12. The third-order valence-electron chi connectivity index (χ3n) is 4.12. The van der Waals surface area contributed by atoms with E-state index in [1.807, 2.05) is 52.8 Å². The lowest BCUT2D eigenvalue weighted by Crippen LogP contribution is -2.18. The summed E-state index contributed by atoms with van der Waals surface area (Å²) >= 11 is 0. The predicted octanol–water partition coefficient (Wildman–Crippen LogP) is 5.18. The summed E-state index contributed by atoms with van der Waals surface area (Å²) < 4.78 is 5.58. The van der Waals surface area contributed by atoms with Crippen LogP contribution in [-0.2, 0) is 6.42 Å². The van der Waals surface area contributed by atoms with E-state index in [4.69, 9.17) is 10.5 Å². The Bertz CT molecular complexity index is 909. The van der Waals surface area contributed by atoms with Crippen LogP contribution in [0.15, 0.2) is 41.4 Å². The van der Waals surface area contributed by atoms with Crippen LogP contribution in [0.25, 0.3) is 0 Å². The molecule has 0 aliphatic carbocycles. The van der Waals surface area contributed by atoms with E-state index in [1.165, 1.54) is 6.07 Å². The van der Waals surface area contributed by atoms with Gasteiger partial charge in [0.2, 0.25) is 0 Å². The number of amides is 1. The van der Waals surface area contributed by atoms with Gasteiger partial charge in [-0.1, -0.05) is 45.4 Å². The standard InChI is InChI=1S/C22H25N3O2.C2H6/c1-5-7-18-15(4)8-6-9-19(18)21(24)25-22(26)16-10-11-20(27-14(2)3)17(12-16)13-23;1-2/h6,8-12,14H,5,7H2,1-4H3,(H2,24,25,26);1-2H3. The number of nitriles is 1. The number of aryl methyl sites for hydroxylation is 1. The van der Waals surface area contributed by atoms with Crippen LogP contribution < -0.4 is 10.5 Å². The minimum Gasteiger partial charge on any atom is -0.490 e. The Morgan fingerprint density at radius 2 is 1.93 bits per heavy atom. The summed E-state index contributed by atoms with van der Waals surface area (Å²) in [5, 5.41) is 9.32. The maximum absolute atomic E-state index is 12.6. The molecule has 0 saturated carbocycles. The first-order chi connectivity index (χ1) is 13.9. The number of nitrogens with zero attached hydrogens (tertiary/aromatic N) is 2. The van der Waals surface area contributed by atoms with Crippen LogP contribution in [0.2, 0.25) is 0 Å². The van der Waals surface area contributed by atoms with Gasteiger partial charge in [-0.3, -0.25) is 4.79 Å². The molecule has 154 valence electrons. The summed E-state index contributed by atoms with van der Waals surface area (Å²) in [6, 6.07) is 12.6. The molecule has 2 rings (SSSR count). The fourth-order valence-electron chi connectivity index (χ4n) is 2.87. The van der Waals surface area contributed by atoms with Crippen molar-refractivity contribution in [2.24, 2.45) is 10.7 Å². The van der Waals surface area contributed by atoms with Crippen molar-refractivity contribution in [1.29, 1.82) is 5.26 Å². The molecule has 0 aromatic heterocycles. The number of carbonyl (C=O) groups excluding carboxylic acids is 1. The van der Waals surface area contributed by atoms with Crippen molar-refractivity contribution in [1.82, 2.24) is 0 Å². The van der Waals surface area contributed by atoms with E-state index in [0.29, 0.717) is 16.9 Å². The van der Waals surface area contributed by atoms with Crippen molar-refractivity contribution in [2.75, 3.05) is 0 Å². The molecule has 0 radical (unpaired) electrons. The molecule has 0 atom stereocenters. The smallest absolute Gasteiger partial charge is 0.278 e. The second-order valence-electron chi connectivity index (χ2n) is 6.64. The molecule has 0 fully saturated rings. The normalized spacial score (nSPS) is 10.8. The van der Waals surface area contributed by atoms with Crippen molar-refractivity contribution in [2.45, 2.75) is 60.5 Å². The Kier molecular flexibility index (Phi) is 9.61.